The summed E-state index contributed by atoms with van der Waals surface area (Å²) in [5, 5.41) is 3.36. The third-order valence-corrected chi connectivity index (χ3v) is 6.78. The van der Waals surface area contributed by atoms with Crippen molar-refractivity contribution in [3.05, 3.63) is 57.5 Å². The van der Waals surface area contributed by atoms with E-state index in [2.05, 4.69) is 5.32 Å². The van der Waals surface area contributed by atoms with Crippen molar-refractivity contribution in [3.8, 4) is 11.5 Å². The number of carbonyl (C=O) groups is 2. The van der Waals surface area contributed by atoms with Gasteiger partial charge in [0.25, 0.3) is 11.8 Å². The fourth-order valence-corrected chi connectivity index (χ4v) is 4.66. The maximum Gasteiger partial charge on any atom is 0.266 e. The molecule has 0 radical (unpaired) electrons. The van der Waals surface area contributed by atoms with E-state index in [1.54, 1.807) is 54.5 Å². The molecule has 180 valence electrons. The van der Waals surface area contributed by atoms with E-state index in [-0.39, 0.29) is 18.4 Å². The number of halogens is 1. The monoisotopic (exact) mass is 520 g/mol. The second-order valence-electron chi connectivity index (χ2n) is 7.34. The number of benzene rings is 2. The molecular formula is C24H25ClN2O5S2. The summed E-state index contributed by atoms with van der Waals surface area (Å²) in [4.78, 5) is 27.2. The zero-order chi connectivity index (χ0) is 24.7. The second kappa shape index (κ2) is 12.2. The van der Waals surface area contributed by atoms with Gasteiger partial charge in [0, 0.05) is 31.0 Å². The zero-order valence-electron chi connectivity index (χ0n) is 19.1. The Kier molecular flexibility index (Phi) is 9.35. The molecule has 1 heterocycles. The van der Waals surface area contributed by atoms with Gasteiger partial charge in [-0.2, -0.15) is 0 Å². The Morgan fingerprint density at radius 1 is 1.24 bits per heavy atom. The van der Waals surface area contributed by atoms with E-state index in [1.807, 2.05) is 6.92 Å². The molecule has 0 bridgehead atoms. The van der Waals surface area contributed by atoms with E-state index < -0.39 is 0 Å². The molecule has 0 atom stereocenters. The first kappa shape index (κ1) is 26.0. The average molecular weight is 521 g/mol. The molecule has 10 heteroatoms. The van der Waals surface area contributed by atoms with Crippen molar-refractivity contribution in [1.29, 1.82) is 0 Å². The van der Waals surface area contributed by atoms with Gasteiger partial charge in [-0.1, -0.05) is 47.7 Å². The number of hydrogen-bond donors (Lipinski definition) is 1. The maximum absolute atomic E-state index is 12.7. The maximum atomic E-state index is 12.7. The molecule has 0 aliphatic carbocycles. The summed E-state index contributed by atoms with van der Waals surface area (Å²) in [6.07, 6.45) is 2.47. The van der Waals surface area contributed by atoms with Crippen LogP contribution in [0.5, 0.6) is 11.5 Å². The molecule has 34 heavy (non-hydrogen) atoms. The van der Waals surface area contributed by atoms with Crippen LogP contribution in [-0.4, -0.2) is 55.0 Å². The van der Waals surface area contributed by atoms with Gasteiger partial charge < -0.3 is 19.5 Å². The molecule has 1 saturated heterocycles. The molecule has 1 aliphatic rings. The summed E-state index contributed by atoms with van der Waals surface area (Å²) in [6.45, 7) is 2.70. The van der Waals surface area contributed by atoms with Crippen molar-refractivity contribution < 1.29 is 23.8 Å². The predicted octanol–water partition coefficient (Wildman–Crippen LogP) is 4.91. The molecular weight excluding hydrogens is 496 g/mol. The van der Waals surface area contributed by atoms with Gasteiger partial charge in [-0.05, 0) is 54.8 Å². The molecule has 2 aromatic rings. The number of rotatable bonds is 10. The van der Waals surface area contributed by atoms with Crippen LogP contribution in [0.25, 0.3) is 6.08 Å². The van der Waals surface area contributed by atoms with Crippen LogP contribution in [0.15, 0.2) is 41.3 Å². The number of carbonyl (C=O) groups excluding carboxylic acids is 2. The van der Waals surface area contributed by atoms with Crippen molar-refractivity contribution >= 4 is 63.5 Å². The zero-order valence-corrected chi connectivity index (χ0v) is 21.4. The second-order valence-corrected chi connectivity index (χ2v) is 9.42. The van der Waals surface area contributed by atoms with Crippen molar-refractivity contribution in [2.75, 3.05) is 39.3 Å². The molecule has 1 fully saturated rings. The fraction of sp³-hybridized carbons (Fsp3) is 0.292. The highest BCUT2D eigenvalue weighted by Gasteiger charge is 2.31. The number of nitrogens with zero attached hydrogens (tertiary/aromatic N) is 1. The van der Waals surface area contributed by atoms with E-state index in [4.69, 9.17) is 38.0 Å². The summed E-state index contributed by atoms with van der Waals surface area (Å²) in [6, 6.07) is 10.5. The molecule has 2 amide bonds. The molecule has 0 saturated carbocycles. The van der Waals surface area contributed by atoms with Crippen LogP contribution in [0.2, 0.25) is 5.02 Å². The highest BCUT2D eigenvalue weighted by Crippen LogP contribution is 2.35. The Morgan fingerprint density at radius 3 is 2.76 bits per heavy atom. The van der Waals surface area contributed by atoms with Gasteiger partial charge in [0.1, 0.15) is 4.32 Å². The minimum Gasteiger partial charge on any atom is -0.493 e. The minimum absolute atomic E-state index is 0.127. The number of nitrogens with one attached hydrogen (secondary N) is 1. The summed E-state index contributed by atoms with van der Waals surface area (Å²) < 4.78 is 16.7. The van der Waals surface area contributed by atoms with Crippen molar-refractivity contribution in [2.24, 2.45) is 0 Å². The molecule has 2 aromatic carbocycles. The first-order chi connectivity index (χ1) is 16.3. The van der Waals surface area contributed by atoms with E-state index in [1.165, 1.54) is 18.9 Å². The normalized spacial score (nSPS) is 14.6. The Balaban J connectivity index is 1.65. The number of thioether (sulfide) groups is 1. The van der Waals surface area contributed by atoms with Crippen LogP contribution in [0, 0.1) is 6.92 Å². The first-order valence-corrected chi connectivity index (χ1v) is 12.0. The lowest BCUT2D eigenvalue weighted by Gasteiger charge is -2.13. The average Bonchev–Trinajstić information content (AvgIpc) is 3.08. The highest BCUT2D eigenvalue weighted by atomic mass is 35.5. The van der Waals surface area contributed by atoms with Gasteiger partial charge in [-0.25, -0.2) is 0 Å². The molecule has 1 aliphatic heterocycles. The quantitative estimate of drug-likeness (QED) is 0.271. The Bertz CT molecular complexity index is 1120. The number of amides is 2. The third-order valence-electron chi connectivity index (χ3n) is 4.99. The van der Waals surface area contributed by atoms with Crippen molar-refractivity contribution in [2.45, 2.75) is 13.3 Å². The number of ether oxygens (including phenoxy) is 3. The van der Waals surface area contributed by atoms with E-state index in [0.29, 0.717) is 51.0 Å². The van der Waals surface area contributed by atoms with E-state index in [0.717, 1.165) is 11.1 Å². The topological polar surface area (TPSA) is 77.1 Å². The van der Waals surface area contributed by atoms with Crippen LogP contribution in [-0.2, 0) is 14.3 Å². The van der Waals surface area contributed by atoms with Crippen LogP contribution in [0.1, 0.15) is 17.5 Å². The SMILES string of the molecule is COCCCN1C(=O)/C(=C/c2ccc(OCC(=O)Nc3cccc(Cl)c3C)c(OC)c2)SC1=S. The van der Waals surface area contributed by atoms with Gasteiger partial charge in [0.05, 0.1) is 12.0 Å². The summed E-state index contributed by atoms with van der Waals surface area (Å²) in [5.74, 6) is 0.396. The van der Waals surface area contributed by atoms with Gasteiger partial charge in [0.15, 0.2) is 18.1 Å². The largest absolute Gasteiger partial charge is 0.493 e. The standard InChI is InChI=1S/C24H25ClN2O5S2/c1-15-17(25)6-4-7-18(15)26-22(28)14-32-19-9-8-16(12-20(19)31-3)13-21-23(29)27(24(33)34-21)10-5-11-30-2/h4,6-9,12-13H,5,10-11,14H2,1-3H3,(H,26,28)/b21-13-. The van der Waals surface area contributed by atoms with Gasteiger partial charge in [-0.15, -0.1) is 0 Å². The predicted molar refractivity (Wildman–Crippen MR) is 140 cm³/mol. The third kappa shape index (κ3) is 6.50. The summed E-state index contributed by atoms with van der Waals surface area (Å²) >= 11 is 12.7. The minimum atomic E-state index is -0.325. The Morgan fingerprint density at radius 2 is 2.03 bits per heavy atom. The molecule has 1 N–H and O–H groups in total. The molecule has 0 aromatic heterocycles. The molecule has 0 unspecified atom stereocenters. The van der Waals surface area contributed by atoms with Crippen LogP contribution in [0.3, 0.4) is 0 Å². The van der Waals surface area contributed by atoms with Gasteiger partial charge in [-0.3, -0.25) is 14.5 Å². The van der Waals surface area contributed by atoms with E-state index >= 15 is 0 Å². The lowest BCUT2D eigenvalue weighted by molar-refractivity contribution is -0.122. The number of hydrogen-bond acceptors (Lipinski definition) is 7. The Labute approximate surface area is 213 Å². The van der Waals surface area contributed by atoms with Crippen LogP contribution < -0.4 is 14.8 Å². The van der Waals surface area contributed by atoms with Crippen molar-refractivity contribution in [1.82, 2.24) is 4.90 Å². The number of anilines is 1. The van der Waals surface area contributed by atoms with Gasteiger partial charge >= 0.3 is 0 Å². The summed E-state index contributed by atoms with van der Waals surface area (Å²) in [7, 11) is 3.13. The first-order valence-electron chi connectivity index (χ1n) is 10.4. The fourth-order valence-electron chi connectivity index (χ4n) is 3.18. The smallest absolute Gasteiger partial charge is 0.266 e. The van der Waals surface area contributed by atoms with Crippen LogP contribution in [0.4, 0.5) is 5.69 Å². The molecule has 0 spiro atoms. The Hall–Kier alpha value is -2.59. The van der Waals surface area contributed by atoms with Gasteiger partial charge in [0.2, 0.25) is 0 Å². The lowest BCUT2D eigenvalue weighted by atomic mass is 10.2. The number of methoxy groups -OCH3 is 2. The highest BCUT2D eigenvalue weighted by molar-refractivity contribution is 8.26. The summed E-state index contributed by atoms with van der Waals surface area (Å²) in [5.41, 5.74) is 2.16. The lowest BCUT2D eigenvalue weighted by Crippen LogP contribution is -2.29. The molecule has 7 nitrogen and oxygen atoms in total. The van der Waals surface area contributed by atoms with Crippen molar-refractivity contribution in [3.63, 3.8) is 0 Å². The molecule has 3 rings (SSSR count). The number of thiocarbonyl (C=S) groups is 1. The van der Waals surface area contributed by atoms with Crippen LogP contribution >= 0.6 is 35.6 Å². The van der Waals surface area contributed by atoms with E-state index in [9.17, 15) is 9.59 Å².